The molecule has 25 heavy (non-hydrogen) atoms. The molecule has 4 heterocycles. The van der Waals surface area contributed by atoms with Crippen LogP contribution in [0.4, 0.5) is 17.6 Å². The molecule has 1 atom stereocenters. The molecule has 2 fully saturated rings. The van der Waals surface area contributed by atoms with Crippen LogP contribution < -0.4 is 14.7 Å². The van der Waals surface area contributed by atoms with Crippen LogP contribution in [0.3, 0.4) is 0 Å². The van der Waals surface area contributed by atoms with Crippen molar-refractivity contribution in [3.63, 3.8) is 0 Å². The van der Waals surface area contributed by atoms with E-state index < -0.39 is 0 Å². The number of piperidine rings is 1. The van der Waals surface area contributed by atoms with Crippen molar-refractivity contribution in [2.24, 2.45) is 5.92 Å². The van der Waals surface area contributed by atoms with Gasteiger partial charge in [-0.2, -0.15) is 10.1 Å². The number of anilines is 3. The average molecular weight is 339 g/mol. The molecule has 0 spiro atoms. The van der Waals surface area contributed by atoms with Gasteiger partial charge in [0, 0.05) is 45.5 Å². The Labute approximate surface area is 148 Å². The molecule has 2 aliphatic rings. The number of aromatic nitrogens is 4. The van der Waals surface area contributed by atoms with Gasteiger partial charge in [-0.15, -0.1) is 5.10 Å². The predicted octanol–water partition coefficient (Wildman–Crippen LogP) is 1.83. The van der Waals surface area contributed by atoms with Gasteiger partial charge in [-0.1, -0.05) is 13.0 Å². The van der Waals surface area contributed by atoms with Gasteiger partial charge in [-0.05, 0) is 30.9 Å². The normalized spacial score (nSPS) is 21.5. The number of pyridine rings is 1. The highest BCUT2D eigenvalue weighted by molar-refractivity contribution is 5.46. The summed E-state index contributed by atoms with van der Waals surface area (Å²) in [5, 5.41) is 8.49. The average Bonchev–Trinajstić information content (AvgIpc) is 2.69. The van der Waals surface area contributed by atoms with Crippen LogP contribution in [0.2, 0.25) is 0 Å². The Morgan fingerprint density at radius 2 is 1.76 bits per heavy atom. The van der Waals surface area contributed by atoms with Gasteiger partial charge in [0.15, 0.2) is 5.82 Å². The largest absolute Gasteiger partial charge is 0.353 e. The van der Waals surface area contributed by atoms with Crippen molar-refractivity contribution < 1.29 is 0 Å². The summed E-state index contributed by atoms with van der Waals surface area (Å²) >= 11 is 0. The summed E-state index contributed by atoms with van der Waals surface area (Å²) in [6.07, 6.45) is 6.13. The van der Waals surface area contributed by atoms with Gasteiger partial charge in [-0.25, -0.2) is 4.98 Å². The van der Waals surface area contributed by atoms with Crippen molar-refractivity contribution in [3.8, 4) is 0 Å². The Morgan fingerprint density at radius 1 is 0.960 bits per heavy atom. The molecule has 0 radical (unpaired) electrons. The zero-order valence-corrected chi connectivity index (χ0v) is 14.8. The third-order valence-corrected chi connectivity index (χ3v) is 5.05. The molecule has 132 valence electrons. The van der Waals surface area contributed by atoms with Crippen molar-refractivity contribution in [2.75, 3.05) is 54.0 Å². The third-order valence-electron chi connectivity index (χ3n) is 5.05. The van der Waals surface area contributed by atoms with Crippen molar-refractivity contribution in [3.05, 3.63) is 30.6 Å². The number of hydrogen-bond acceptors (Lipinski definition) is 7. The maximum absolute atomic E-state index is 4.80. The van der Waals surface area contributed by atoms with Gasteiger partial charge in [0.05, 0.1) is 6.20 Å². The van der Waals surface area contributed by atoms with Crippen molar-refractivity contribution in [1.82, 2.24) is 20.2 Å². The summed E-state index contributed by atoms with van der Waals surface area (Å²) in [6.45, 7) is 8.08. The first-order chi connectivity index (χ1) is 12.3. The molecular formula is C18H25N7. The molecule has 7 heteroatoms. The standard InChI is InChI=1S/C18H25N7/c1-15-5-4-8-25(14-15)18-21-17(13-20-22-18)24-11-9-23(10-12-24)16-6-2-3-7-19-16/h2-3,6-7,13,15H,4-5,8-12,14H2,1H3. The zero-order chi connectivity index (χ0) is 17.1. The molecule has 0 N–H and O–H groups in total. The quantitative estimate of drug-likeness (QED) is 0.845. The van der Waals surface area contributed by atoms with Crippen molar-refractivity contribution in [2.45, 2.75) is 19.8 Å². The fourth-order valence-corrected chi connectivity index (χ4v) is 3.65. The summed E-state index contributed by atoms with van der Waals surface area (Å²) < 4.78 is 0. The second-order valence-electron chi connectivity index (χ2n) is 6.97. The Morgan fingerprint density at radius 3 is 2.48 bits per heavy atom. The van der Waals surface area contributed by atoms with Crippen LogP contribution >= 0.6 is 0 Å². The molecule has 0 aliphatic carbocycles. The lowest BCUT2D eigenvalue weighted by Crippen LogP contribution is -2.47. The molecule has 0 bridgehead atoms. The molecule has 0 aromatic carbocycles. The number of rotatable bonds is 3. The lowest BCUT2D eigenvalue weighted by Gasteiger charge is -2.36. The smallest absolute Gasteiger partial charge is 0.247 e. The zero-order valence-electron chi connectivity index (χ0n) is 14.8. The van der Waals surface area contributed by atoms with Crippen LogP contribution in [0.15, 0.2) is 30.6 Å². The van der Waals surface area contributed by atoms with Crippen LogP contribution in [-0.4, -0.2) is 59.4 Å². The summed E-state index contributed by atoms with van der Waals surface area (Å²) in [7, 11) is 0. The number of piperazine rings is 1. The highest BCUT2D eigenvalue weighted by atomic mass is 15.4. The second-order valence-corrected chi connectivity index (χ2v) is 6.97. The van der Waals surface area contributed by atoms with E-state index in [0.717, 1.165) is 56.9 Å². The first-order valence-electron chi connectivity index (χ1n) is 9.15. The van der Waals surface area contributed by atoms with E-state index >= 15 is 0 Å². The van der Waals surface area contributed by atoms with E-state index in [0.29, 0.717) is 5.92 Å². The third kappa shape index (κ3) is 3.65. The van der Waals surface area contributed by atoms with Gasteiger partial charge >= 0.3 is 0 Å². The van der Waals surface area contributed by atoms with Gasteiger partial charge in [0.2, 0.25) is 5.95 Å². The van der Waals surface area contributed by atoms with E-state index in [4.69, 9.17) is 4.98 Å². The lowest BCUT2D eigenvalue weighted by atomic mass is 10.0. The van der Waals surface area contributed by atoms with Crippen molar-refractivity contribution >= 4 is 17.6 Å². The fraction of sp³-hybridized carbons (Fsp3) is 0.556. The molecule has 4 rings (SSSR count). The van der Waals surface area contributed by atoms with Crippen LogP contribution in [0.25, 0.3) is 0 Å². The predicted molar refractivity (Wildman–Crippen MR) is 99.1 cm³/mol. The Balaban J connectivity index is 1.42. The maximum Gasteiger partial charge on any atom is 0.247 e. The van der Waals surface area contributed by atoms with Crippen molar-refractivity contribution in [1.29, 1.82) is 0 Å². The van der Waals surface area contributed by atoms with Crippen LogP contribution in [-0.2, 0) is 0 Å². The highest BCUT2D eigenvalue weighted by Gasteiger charge is 2.22. The van der Waals surface area contributed by atoms with E-state index in [1.54, 1.807) is 6.20 Å². The minimum absolute atomic E-state index is 0.697. The molecule has 7 nitrogen and oxygen atoms in total. The maximum atomic E-state index is 4.80. The molecule has 2 aromatic rings. The molecule has 2 saturated heterocycles. The first kappa shape index (κ1) is 16.1. The molecular weight excluding hydrogens is 314 g/mol. The van der Waals surface area contributed by atoms with Gasteiger partial charge in [-0.3, -0.25) is 0 Å². The molecule has 2 aliphatic heterocycles. The van der Waals surface area contributed by atoms with Gasteiger partial charge < -0.3 is 14.7 Å². The number of hydrogen-bond donors (Lipinski definition) is 0. The highest BCUT2D eigenvalue weighted by Crippen LogP contribution is 2.22. The number of nitrogens with zero attached hydrogens (tertiary/aromatic N) is 7. The van der Waals surface area contributed by atoms with Gasteiger partial charge in [0.1, 0.15) is 5.82 Å². The molecule has 0 saturated carbocycles. The SMILES string of the molecule is CC1CCCN(c2nncc(N3CCN(c4ccccn4)CC3)n2)C1. The summed E-state index contributed by atoms with van der Waals surface area (Å²) in [5.74, 6) is 3.45. The summed E-state index contributed by atoms with van der Waals surface area (Å²) in [6, 6.07) is 6.06. The van der Waals surface area contributed by atoms with E-state index in [1.807, 2.05) is 18.3 Å². The summed E-state index contributed by atoms with van der Waals surface area (Å²) in [5.41, 5.74) is 0. The fourth-order valence-electron chi connectivity index (χ4n) is 3.65. The van der Waals surface area contributed by atoms with E-state index in [2.05, 4.69) is 42.9 Å². The van der Waals surface area contributed by atoms with Crippen LogP contribution in [0.1, 0.15) is 19.8 Å². The molecule has 0 amide bonds. The second kappa shape index (κ2) is 7.21. The lowest BCUT2D eigenvalue weighted by molar-refractivity contribution is 0.440. The Kier molecular flexibility index (Phi) is 4.63. The van der Waals surface area contributed by atoms with Crippen LogP contribution in [0.5, 0.6) is 0 Å². The van der Waals surface area contributed by atoms with Gasteiger partial charge in [0.25, 0.3) is 0 Å². The topological polar surface area (TPSA) is 61.3 Å². The van der Waals surface area contributed by atoms with E-state index in [9.17, 15) is 0 Å². The summed E-state index contributed by atoms with van der Waals surface area (Å²) in [4.78, 5) is 16.1. The minimum Gasteiger partial charge on any atom is -0.353 e. The van der Waals surface area contributed by atoms with E-state index in [1.165, 1.54) is 12.8 Å². The Bertz CT molecular complexity index is 685. The van der Waals surface area contributed by atoms with E-state index in [-0.39, 0.29) is 0 Å². The first-order valence-corrected chi connectivity index (χ1v) is 9.15. The monoisotopic (exact) mass is 339 g/mol. The van der Waals surface area contributed by atoms with Crippen LogP contribution in [0, 0.1) is 5.92 Å². The molecule has 1 unspecified atom stereocenters. The minimum atomic E-state index is 0.697. The Hall–Kier alpha value is -2.44. The molecule has 2 aromatic heterocycles.